The number of amides is 1. The van der Waals surface area contributed by atoms with Gasteiger partial charge in [-0.2, -0.15) is 0 Å². The largest absolute Gasteiger partial charge is 0.454 e. The van der Waals surface area contributed by atoms with Crippen LogP contribution in [0.15, 0.2) is 59.9 Å². The molecule has 166 valence electrons. The average Bonchev–Trinajstić information content (AvgIpc) is 3.48. The van der Waals surface area contributed by atoms with Gasteiger partial charge < -0.3 is 14.8 Å². The first-order valence-electron chi connectivity index (χ1n) is 10.2. The summed E-state index contributed by atoms with van der Waals surface area (Å²) in [5, 5.41) is 13.1. The van der Waals surface area contributed by atoms with E-state index in [0.717, 1.165) is 38.1 Å². The zero-order valence-corrected chi connectivity index (χ0v) is 19.3. The average molecular weight is 478 g/mol. The molecule has 1 N–H and O–H groups in total. The van der Waals surface area contributed by atoms with Gasteiger partial charge >= 0.3 is 0 Å². The van der Waals surface area contributed by atoms with Gasteiger partial charge in [0, 0.05) is 24.5 Å². The number of ether oxygens (including phenoxy) is 2. The van der Waals surface area contributed by atoms with Gasteiger partial charge in [-0.05, 0) is 48.9 Å². The minimum atomic E-state index is -0.0806. The second-order valence-electron chi connectivity index (χ2n) is 7.19. The van der Waals surface area contributed by atoms with Crippen LogP contribution in [0.2, 0.25) is 0 Å². The Morgan fingerprint density at radius 1 is 1.15 bits per heavy atom. The molecule has 0 atom stereocenters. The van der Waals surface area contributed by atoms with E-state index >= 15 is 0 Å². The van der Waals surface area contributed by atoms with E-state index in [4.69, 9.17) is 9.47 Å². The molecule has 0 fully saturated rings. The highest BCUT2D eigenvalue weighted by Gasteiger charge is 2.15. The van der Waals surface area contributed by atoms with Crippen molar-refractivity contribution < 1.29 is 14.3 Å². The van der Waals surface area contributed by atoms with Gasteiger partial charge in [-0.3, -0.25) is 9.78 Å². The molecule has 10 heteroatoms. The molecule has 1 aliphatic heterocycles. The number of carbonyl (C=O) groups is 1. The minimum absolute atomic E-state index is 0.0806. The summed E-state index contributed by atoms with van der Waals surface area (Å²) in [5.41, 5.74) is 3.59. The van der Waals surface area contributed by atoms with Crippen molar-refractivity contribution in [3.8, 4) is 32.6 Å². The van der Waals surface area contributed by atoms with E-state index < -0.39 is 0 Å². The number of rotatable bonds is 7. The molecule has 1 aromatic carbocycles. The predicted octanol–water partition coefficient (Wildman–Crippen LogP) is 4.11. The first-order valence-corrected chi connectivity index (χ1v) is 12.0. The van der Waals surface area contributed by atoms with Crippen molar-refractivity contribution in [2.75, 3.05) is 12.5 Å². The van der Waals surface area contributed by atoms with Crippen LogP contribution in [-0.4, -0.2) is 38.6 Å². The molecule has 0 spiro atoms. The topological polar surface area (TPSA) is 99.1 Å². The molecular formula is C23H19N5O3S2. The van der Waals surface area contributed by atoms with Gasteiger partial charge in [-0.1, -0.05) is 17.8 Å². The summed E-state index contributed by atoms with van der Waals surface area (Å²) in [6, 6.07) is 13.3. The Bertz CT molecular complexity index is 1280. The number of hydrogen-bond donors (Lipinski definition) is 1. The molecule has 0 unspecified atom stereocenters. The summed E-state index contributed by atoms with van der Waals surface area (Å²) >= 11 is 2.90. The molecule has 0 bridgehead atoms. The third-order valence-electron chi connectivity index (χ3n) is 4.86. The molecule has 4 heterocycles. The van der Waals surface area contributed by atoms with Crippen LogP contribution in [0.4, 0.5) is 0 Å². The number of thioether (sulfide) groups is 1. The lowest BCUT2D eigenvalue weighted by molar-refractivity contribution is -0.118. The van der Waals surface area contributed by atoms with Crippen LogP contribution >= 0.6 is 23.1 Å². The fourth-order valence-electron chi connectivity index (χ4n) is 3.21. The third kappa shape index (κ3) is 4.96. The Morgan fingerprint density at radius 2 is 2.06 bits per heavy atom. The van der Waals surface area contributed by atoms with E-state index in [1.54, 1.807) is 23.7 Å². The molecule has 3 aromatic heterocycles. The van der Waals surface area contributed by atoms with Crippen molar-refractivity contribution in [2.45, 2.75) is 18.5 Å². The fraction of sp³-hybridized carbons (Fsp3) is 0.174. The molecule has 4 aromatic rings. The summed E-state index contributed by atoms with van der Waals surface area (Å²) in [4.78, 5) is 22.0. The molecule has 0 radical (unpaired) electrons. The van der Waals surface area contributed by atoms with E-state index in [1.807, 2.05) is 49.4 Å². The summed E-state index contributed by atoms with van der Waals surface area (Å²) in [6.45, 7) is 2.61. The Balaban J connectivity index is 1.16. The first-order chi connectivity index (χ1) is 16.2. The van der Waals surface area contributed by atoms with Crippen LogP contribution in [0, 0.1) is 6.92 Å². The van der Waals surface area contributed by atoms with Gasteiger partial charge in [-0.25, -0.2) is 4.98 Å². The highest BCUT2D eigenvalue weighted by molar-refractivity contribution is 7.99. The molecule has 0 aliphatic carbocycles. The highest BCUT2D eigenvalue weighted by Crippen LogP contribution is 2.34. The molecule has 33 heavy (non-hydrogen) atoms. The quantitative estimate of drug-likeness (QED) is 0.397. The van der Waals surface area contributed by atoms with Crippen LogP contribution in [0.25, 0.3) is 21.1 Å². The van der Waals surface area contributed by atoms with Crippen LogP contribution in [0.5, 0.6) is 11.5 Å². The van der Waals surface area contributed by atoms with Gasteiger partial charge in [0.2, 0.25) is 12.7 Å². The lowest BCUT2D eigenvalue weighted by atomic mass is 10.2. The zero-order valence-electron chi connectivity index (χ0n) is 17.6. The number of carbonyl (C=O) groups excluding carboxylic acids is 1. The SMILES string of the molecule is Cc1nc(-c2cccnc2)sc1-c1ccc(SCC(=O)NCc2ccc3c(c2)OCO3)nn1. The molecular weight excluding hydrogens is 458 g/mol. The van der Waals surface area contributed by atoms with Gasteiger partial charge in [0.15, 0.2) is 11.5 Å². The van der Waals surface area contributed by atoms with E-state index in [9.17, 15) is 4.79 Å². The van der Waals surface area contributed by atoms with Crippen LogP contribution < -0.4 is 14.8 Å². The van der Waals surface area contributed by atoms with Crippen LogP contribution in [0.3, 0.4) is 0 Å². The highest BCUT2D eigenvalue weighted by atomic mass is 32.2. The molecule has 0 saturated carbocycles. The smallest absolute Gasteiger partial charge is 0.231 e. The van der Waals surface area contributed by atoms with Crippen molar-refractivity contribution in [3.63, 3.8) is 0 Å². The van der Waals surface area contributed by atoms with Crippen molar-refractivity contribution in [1.82, 2.24) is 25.5 Å². The lowest BCUT2D eigenvalue weighted by Gasteiger charge is -2.06. The Kier molecular flexibility index (Phi) is 6.18. The maximum absolute atomic E-state index is 12.2. The fourth-order valence-corrected chi connectivity index (χ4v) is 4.87. The molecule has 5 rings (SSSR count). The summed E-state index contributed by atoms with van der Waals surface area (Å²) in [5.74, 6) is 1.60. The van der Waals surface area contributed by atoms with Crippen molar-refractivity contribution in [1.29, 1.82) is 0 Å². The van der Waals surface area contributed by atoms with Crippen molar-refractivity contribution >= 4 is 29.0 Å². The van der Waals surface area contributed by atoms with Gasteiger partial charge in [0.1, 0.15) is 15.7 Å². The number of nitrogens with one attached hydrogen (secondary N) is 1. The van der Waals surface area contributed by atoms with Gasteiger partial charge in [0.05, 0.1) is 16.3 Å². The number of benzene rings is 1. The number of aryl methyl sites for hydroxylation is 1. The van der Waals surface area contributed by atoms with Gasteiger partial charge in [-0.15, -0.1) is 21.5 Å². The van der Waals surface area contributed by atoms with Crippen molar-refractivity contribution in [3.05, 3.63) is 66.1 Å². The number of hydrogen-bond acceptors (Lipinski definition) is 9. The maximum atomic E-state index is 12.2. The molecule has 1 amide bonds. The lowest BCUT2D eigenvalue weighted by Crippen LogP contribution is -2.24. The van der Waals surface area contributed by atoms with E-state index in [-0.39, 0.29) is 18.5 Å². The van der Waals surface area contributed by atoms with E-state index in [1.165, 1.54) is 11.8 Å². The number of nitrogens with zero attached hydrogens (tertiary/aromatic N) is 4. The molecule has 8 nitrogen and oxygen atoms in total. The Labute approximate surface area is 198 Å². The van der Waals surface area contributed by atoms with Gasteiger partial charge in [0.25, 0.3) is 0 Å². The van der Waals surface area contributed by atoms with E-state index in [2.05, 4.69) is 25.5 Å². The van der Waals surface area contributed by atoms with Crippen LogP contribution in [-0.2, 0) is 11.3 Å². The number of fused-ring (bicyclic) bond motifs is 1. The maximum Gasteiger partial charge on any atom is 0.231 e. The monoisotopic (exact) mass is 477 g/mol. The number of pyridine rings is 1. The molecule has 0 saturated heterocycles. The summed E-state index contributed by atoms with van der Waals surface area (Å²) < 4.78 is 10.7. The van der Waals surface area contributed by atoms with Crippen molar-refractivity contribution in [2.24, 2.45) is 0 Å². The minimum Gasteiger partial charge on any atom is -0.454 e. The van der Waals surface area contributed by atoms with E-state index in [0.29, 0.717) is 17.3 Å². The second-order valence-corrected chi connectivity index (χ2v) is 9.18. The predicted molar refractivity (Wildman–Crippen MR) is 126 cm³/mol. The second kappa shape index (κ2) is 9.55. The molecule has 1 aliphatic rings. The Morgan fingerprint density at radius 3 is 2.88 bits per heavy atom. The third-order valence-corrected chi connectivity index (χ3v) is 7.00. The first kappa shape index (κ1) is 21.4. The number of aromatic nitrogens is 4. The summed E-state index contributed by atoms with van der Waals surface area (Å²) in [7, 11) is 0. The summed E-state index contributed by atoms with van der Waals surface area (Å²) in [6.07, 6.45) is 3.54. The van der Waals surface area contributed by atoms with Crippen LogP contribution in [0.1, 0.15) is 11.3 Å². The Hall–Kier alpha value is -3.50. The number of thiazole rings is 1. The standard InChI is InChI=1S/C23H19N5O3S2/c1-14-22(33-23(26-14)16-3-2-8-24-11-16)17-5-7-21(28-27-17)32-12-20(29)25-10-15-4-6-18-19(9-15)31-13-30-18/h2-9,11H,10,12-13H2,1H3,(H,25,29). The zero-order chi connectivity index (χ0) is 22.6. The normalized spacial score (nSPS) is 12.0.